The third kappa shape index (κ3) is 6.16. The number of amides is 2. The van der Waals surface area contributed by atoms with Crippen LogP contribution in [-0.2, 0) is 27.4 Å². The molecule has 2 saturated heterocycles. The largest absolute Gasteiger partial charge is 0.478 e. The minimum atomic E-state index is -1.16. The summed E-state index contributed by atoms with van der Waals surface area (Å²) in [5, 5.41) is 13.9. The Labute approximate surface area is 242 Å². The van der Waals surface area contributed by atoms with Gasteiger partial charge in [0, 0.05) is 45.3 Å². The first-order chi connectivity index (χ1) is 20.2. The molecule has 2 fully saturated rings. The number of aromatic nitrogens is 3. The minimum absolute atomic E-state index is 0.0392. The first-order valence-electron chi connectivity index (χ1n) is 13.7. The Morgan fingerprint density at radius 3 is 2.43 bits per heavy atom. The molecule has 1 aromatic heterocycles. The number of carboxylic acid groups (broad SMARTS) is 1. The fourth-order valence-corrected chi connectivity index (χ4v) is 5.09. The number of carbonyl (C=O) groups excluding carboxylic acids is 3. The molecule has 2 aliphatic heterocycles. The molecule has 220 valence electrons. The molecule has 1 atom stereocenters. The first-order valence-corrected chi connectivity index (χ1v) is 13.7. The molecular formula is C29H33N7O6. The maximum Gasteiger partial charge on any atom is 0.335 e. The van der Waals surface area contributed by atoms with Gasteiger partial charge in [0.05, 0.1) is 25.3 Å². The average molecular weight is 576 g/mol. The second-order valence-electron chi connectivity index (χ2n) is 10.3. The zero-order valence-corrected chi connectivity index (χ0v) is 23.3. The highest BCUT2D eigenvalue weighted by atomic mass is 16.5. The lowest BCUT2D eigenvalue weighted by Gasteiger charge is -2.28. The van der Waals surface area contributed by atoms with E-state index in [-0.39, 0.29) is 41.3 Å². The number of likely N-dealkylation sites (tertiary alicyclic amines) is 1. The number of morpholine rings is 1. The number of benzene rings is 2. The zero-order chi connectivity index (χ0) is 29.8. The highest BCUT2D eigenvalue weighted by Gasteiger charge is 2.38. The molecule has 2 aromatic carbocycles. The van der Waals surface area contributed by atoms with Gasteiger partial charge in [-0.15, -0.1) is 5.10 Å². The number of hydrogen-bond acceptors (Lipinski definition) is 9. The van der Waals surface area contributed by atoms with Crippen molar-refractivity contribution < 1.29 is 29.0 Å². The molecule has 0 saturated carbocycles. The van der Waals surface area contributed by atoms with Gasteiger partial charge in [-0.05, 0) is 35.7 Å². The summed E-state index contributed by atoms with van der Waals surface area (Å²) in [5.41, 5.74) is 7.71. The molecule has 13 nitrogen and oxygen atoms in total. The van der Waals surface area contributed by atoms with Crippen molar-refractivity contribution >= 4 is 29.6 Å². The lowest BCUT2D eigenvalue weighted by atomic mass is 10.1. The van der Waals surface area contributed by atoms with Crippen molar-refractivity contribution in [2.45, 2.75) is 25.4 Å². The second-order valence-corrected chi connectivity index (χ2v) is 10.3. The summed E-state index contributed by atoms with van der Waals surface area (Å²) in [6, 6.07) is 13.4. The lowest BCUT2D eigenvalue weighted by Crippen LogP contribution is -2.46. The lowest BCUT2D eigenvalue weighted by molar-refractivity contribution is -0.141. The van der Waals surface area contributed by atoms with Crippen molar-refractivity contribution in [3.63, 3.8) is 0 Å². The topological polar surface area (TPSA) is 164 Å². The van der Waals surface area contributed by atoms with Crippen LogP contribution in [-0.4, -0.2) is 99.8 Å². The van der Waals surface area contributed by atoms with Crippen LogP contribution in [0.1, 0.15) is 50.0 Å². The van der Waals surface area contributed by atoms with Crippen molar-refractivity contribution in [3.05, 3.63) is 76.6 Å². The van der Waals surface area contributed by atoms with E-state index in [1.54, 1.807) is 16.8 Å². The molecule has 3 N–H and O–H groups in total. The number of aromatic carboxylic acids is 1. The van der Waals surface area contributed by atoms with Crippen LogP contribution in [0.5, 0.6) is 0 Å². The number of rotatable bonds is 9. The van der Waals surface area contributed by atoms with Crippen LogP contribution < -0.4 is 10.6 Å². The normalized spacial score (nSPS) is 17.0. The maximum atomic E-state index is 13.6. The number of nitrogens with two attached hydrogens (primary N) is 1. The average Bonchev–Trinajstić information content (AvgIpc) is 3.61. The standard InChI is InChI=1S/C29H33N7O6/c1-33(17-20-7-5-19(16-30)6-8-20)29-31-25(32-36(29)26(38)21-3-2-4-22(15-21)28(40)41)23-9-10-35(27(23)39)18-24(37)34-11-13-42-14-12-34/h2-8,15,23H,9-14,16-18,30H2,1H3,(H,40,41). The van der Waals surface area contributed by atoms with Crippen LogP contribution in [0.3, 0.4) is 0 Å². The van der Waals surface area contributed by atoms with Crippen molar-refractivity contribution in [1.82, 2.24) is 24.6 Å². The van der Waals surface area contributed by atoms with E-state index in [9.17, 15) is 24.3 Å². The van der Waals surface area contributed by atoms with E-state index in [1.807, 2.05) is 24.3 Å². The number of hydrogen-bond donors (Lipinski definition) is 2. The highest BCUT2D eigenvalue weighted by Crippen LogP contribution is 2.29. The number of ether oxygens (including phenoxy) is 1. The third-order valence-corrected chi connectivity index (χ3v) is 7.47. The van der Waals surface area contributed by atoms with E-state index < -0.39 is 17.8 Å². The summed E-state index contributed by atoms with van der Waals surface area (Å²) in [6.07, 6.45) is 0.394. The van der Waals surface area contributed by atoms with Gasteiger partial charge in [0.25, 0.3) is 5.91 Å². The quantitative estimate of drug-likeness (QED) is 0.375. The molecule has 5 rings (SSSR count). The molecule has 3 aromatic rings. The first kappa shape index (κ1) is 28.9. The molecule has 2 amide bonds. The summed E-state index contributed by atoms with van der Waals surface area (Å²) in [7, 11) is 1.76. The Morgan fingerprint density at radius 1 is 1.05 bits per heavy atom. The number of nitrogens with zero attached hydrogens (tertiary/aromatic N) is 6. The fourth-order valence-electron chi connectivity index (χ4n) is 5.09. The van der Waals surface area contributed by atoms with Gasteiger partial charge in [0.2, 0.25) is 17.8 Å². The number of anilines is 1. The highest BCUT2D eigenvalue weighted by molar-refractivity contribution is 5.99. The van der Waals surface area contributed by atoms with Gasteiger partial charge in [-0.2, -0.15) is 9.67 Å². The van der Waals surface area contributed by atoms with Gasteiger partial charge < -0.3 is 30.3 Å². The van der Waals surface area contributed by atoms with Gasteiger partial charge in [0.15, 0.2) is 5.82 Å². The van der Waals surface area contributed by atoms with Crippen LogP contribution in [0.25, 0.3) is 0 Å². The van der Waals surface area contributed by atoms with E-state index in [1.165, 1.54) is 29.2 Å². The van der Waals surface area contributed by atoms with Crippen molar-refractivity contribution in [2.75, 3.05) is 51.3 Å². The molecule has 42 heavy (non-hydrogen) atoms. The van der Waals surface area contributed by atoms with E-state index in [4.69, 9.17) is 10.5 Å². The van der Waals surface area contributed by atoms with Gasteiger partial charge in [0.1, 0.15) is 5.92 Å². The summed E-state index contributed by atoms with van der Waals surface area (Å²) >= 11 is 0. The molecule has 0 radical (unpaired) electrons. The van der Waals surface area contributed by atoms with Crippen molar-refractivity contribution in [1.29, 1.82) is 0 Å². The maximum absolute atomic E-state index is 13.6. The monoisotopic (exact) mass is 575 g/mol. The van der Waals surface area contributed by atoms with E-state index in [0.717, 1.165) is 15.8 Å². The van der Waals surface area contributed by atoms with E-state index >= 15 is 0 Å². The molecule has 0 aliphatic carbocycles. The van der Waals surface area contributed by atoms with Gasteiger partial charge in [-0.1, -0.05) is 30.3 Å². The Morgan fingerprint density at radius 2 is 1.74 bits per heavy atom. The molecule has 3 heterocycles. The minimum Gasteiger partial charge on any atom is -0.478 e. The number of carboxylic acids is 1. The Hall–Kier alpha value is -4.62. The Bertz CT molecular complexity index is 1480. The van der Waals surface area contributed by atoms with Crippen molar-refractivity contribution in [3.8, 4) is 0 Å². The van der Waals surface area contributed by atoms with E-state index in [2.05, 4.69) is 10.1 Å². The third-order valence-electron chi connectivity index (χ3n) is 7.47. The second kappa shape index (κ2) is 12.5. The van der Waals surface area contributed by atoms with Crippen molar-refractivity contribution in [2.24, 2.45) is 5.73 Å². The predicted molar refractivity (Wildman–Crippen MR) is 151 cm³/mol. The van der Waals surface area contributed by atoms with Gasteiger partial charge in [-0.3, -0.25) is 14.4 Å². The zero-order valence-electron chi connectivity index (χ0n) is 23.3. The molecule has 0 spiro atoms. The summed E-state index contributed by atoms with van der Waals surface area (Å²) in [4.78, 5) is 60.9. The number of carbonyl (C=O) groups is 4. The Balaban J connectivity index is 1.42. The molecular weight excluding hydrogens is 542 g/mol. The summed E-state index contributed by atoms with van der Waals surface area (Å²) < 4.78 is 6.42. The SMILES string of the molecule is CN(Cc1ccc(CN)cc1)c1nc(C2CCN(CC(=O)N3CCOCC3)C2=O)nn1C(=O)c1cccc(C(=O)O)c1. The summed E-state index contributed by atoms with van der Waals surface area (Å²) in [6.45, 7) is 3.05. The fraction of sp³-hybridized carbons (Fsp3) is 0.379. The van der Waals surface area contributed by atoms with E-state index in [0.29, 0.717) is 52.4 Å². The van der Waals surface area contributed by atoms with Gasteiger partial charge >= 0.3 is 5.97 Å². The summed E-state index contributed by atoms with van der Waals surface area (Å²) in [5.74, 6) is -2.51. The van der Waals surface area contributed by atoms with Crippen LogP contribution >= 0.6 is 0 Å². The smallest absolute Gasteiger partial charge is 0.335 e. The predicted octanol–water partition coefficient (Wildman–Crippen LogP) is 0.935. The molecule has 2 aliphatic rings. The van der Waals surface area contributed by atoms with Crippen LogP contribution in [0.4, 0.5) is 5.95 Å². The molecule has 0 bridgehead atoms. The van der Waals surface area contributed by atoms with Crippen LogP contribution in [0.15, 0.2) is 48.5 Å². The Kier molecular flexibility index (Phi) is 8.59. The van der Waals surface area contributed by atoms with Crippen LogP contribution in [0.2, 0.25) is 0 Å². The molecule has 13 heteroatoms. The van der Waals surface area contributed by atoms with Gasteiger partial charge in [-0.25, -0.2) is 4.79 Å². The molecule has 1 unspecified atom stereocenters. The van der Waals surface area contributed by atoms with Crippen LogP contribution in [0, 0.1) is 0 Å².